The molecule has 1 unspecified atom stereocenters. The molecule has 1 aliphatic carbocycles. The van der Waals surface area contributed by atoms with Gasteiger partial charge >= 0.3 is 12.1 Å². The third kappa shape index (κ3) is 4.13. The highest BCUT2D eigenvalue weighted by atomic mass is 19.4. The van der Waals surface area contributed by atoms with E-state index in [2.05, 4.69) is 0 Å². The largest absolute Gasteiger partial charge is 0.442 e. The lowest BCUT2D eigenvalue weighted by atomic mass is 9.92. The number of halogens is 3. The molecule has 1 saturated carbocycles. The monoisotopic (exact) mass is 269 g/mol. The minimum absolute atomic E-state index is 0.412. The molecule has 18 heavy (non-hydrogen) atoms. The van der Waals surface area contributed by atoms with Crippen molar-refractivity contribution in [2.75, 3.05) is 0 Å². The maximum atomic E-state index is 12.3. The molecule has 0 radical (unpaired) electrons. The van der Waals surface area contributed by atoms with E-state index < -0.39 is 30.2 Å². The Labute approximate surface area is 103 Å². The normalized spacial score (nSPS) is 21.4. The van der Waals surface area contributed by atoms with Crippen molar-refractivity contribution < 1.29 is 27.9 Å². The second kappa shape index (κ2) is 5.88. The first kappa shape index (κ1) is 15.2. The summed E-state index contributed by atoms with van der Waals surface area (Å²) in [5.41, 5.74) is 0.728. The van der Waals surface area contributed by atoms with Crippen molar-refractivity contribution in [2.24, 2.45) is 5.92 Å². The van der Waals surface area contributed by atoms with E-state index in [4.69, 9.17) is 9.94 Å². The lowest BCUT2D eigenvalue weighted by Crippen LogP contribution is -2.49. The summed E-state index contributed by atoms with van der Waals surface area (Å²) >= 11 is 0. The van der Waals surface area contributed by atoms with Gasteiger partial charge in [-0.05, 0) is 12.8 Å². The Bertz CT molecular complexity index is 288. The molecule has 1 rings (SSSR count). The number of carbonyl (C=O) groups is 1. The first-order valence-electron chi connectivity index (χ1n) is 5.99. The van der Waals surface area contributed by atoms with Crippen LogP contribution in [0.4, 0.5) is 13.2 Å². The Kier molecular flexibility index (Phi) is 4.98. The first-order valence-corrected chi connectivity index (χ1v) is 5.99. The number of carbonyl (C=O) groups excluding carboxylic acids is 1. The van der Waals surface area contributed by atoms with Crippen LogP contribution in [0.1, 0.15) is 45.4 Å². The van der Waals surface area contributed by atoms with Gasteiger partial charge in [0, 0.05) is 12.8 Å². The number of hydrogen-bond acceptors (Lipinski definition) is 4. The first-order chi connectivity index (χ1) is 8.29. The molecule has 0 bridgehead atoms. The van der Waals surface area contributed by atoms with Crippen LogP contribution in [0.15, 0.2) is 0 Å². The van der Waals surface area contributed by atoms with Gasteiger partial charge in [0.05, 0.1) is 12.3 Å². The number of esters is 1. The van der Waals surface area contributed by atoms with Crippen molar-refractivity contribution in [3.05, 3.63) is 0 Å². The molecule has 0 spiro atoms. The molecule has 0 aromatic rings. The fraction of sp³-hybridized carbons (Fsp3) is 0.909. The molecule has 0 aliphatic heterocycles. The molecule has 4 nitrogen and oxygen atoms in total. The highest BCUT2D eigenvalue weighted by Crippen LogP contribution is 2.32. The molecule has 0 heterocycles. The summed E-state index contributed by atoms with van der Waals surface area (Å²) in [6.07, 6.45) is -1.84. The topological polar surface area (TPSA) is 58.6 Å². The zero-order chi connectivity index (χ0) is 13.8. The molecule has 7 heteroatoms. The number of ether oxygens (including phenoxy) is 1. The summed E-state index contributed by atoms with van der Waals surface area (Å²) in [5, 5.41) is 9.03. The molecule has 0 amide bonds. The van der Waals surface area contributed by atoms with Crippen molar-refractivity contribution in [2.45, 2.75) is 57.3 Å². The zero-order valence-electron chi connectivity index (χ0n) is 10.2. The average Bonchev–Trinajstić information content (AvgIpc) is 2.28. The molecule has 1 fully saturated rings. The molecule has 0 aromatic heterocycles. The van der Waals surface area contributed by atoms with E-state index in [-0.39, 0.29) is 0 Å². The van der Waals surface area contributed by atoms with Crippen molar-refractivity contribution in [3.63, 3.8) is 0 Å². The van der Waals surface area contributed by atoms with Gasteiger partial charge in [0.2, 0.25) is 0 Å². The second-order valence-corrected chi connectivity index (χ2v) is 4.79. The Morgan fingerprint density at radius 3 is 2.39 bits per heavy atom. The summed E-state index contributed by atoms with van der Waals surface area (Å²) in [4.78, 5) is 11.5. The lowest BCUT2D eigenvalue weighted by Gasteiger charge is -2.35. The van der Waals surface area contributed by atoms with E-state index in [0.717, 1.165) is 26.2 Å². The molecule has 2 N–H and O–H groups in total. The minimum atomic E-state index is -4.41. The van der Waals surface area contributed by atoms with Gasteiger partial charge in [-0.25, -0.2) is 0 Å². The number of hydroxylamine groups is 1. The quantitative estimate of drug-likeness (QED) is 0.468. The van der Waals surface area contributed by atoms with Gasteiger partial charge in [-0.15, -0.1) is 0 Å². The van der Waals surface area contributed by atoms with Crippen molar-refractivity contribution in [3.8, 4) is 0 Å². The van der Waals surface area contributed by atoms with Gasteiger partial charge in [-0.1, -0.05) is 13.3 Å². The molecule has 1 aliphatic rings. The highest BCUT2D eigenvalue weighted by Gasteiger charge is 2.40. The van der Waals surface area contributed by atoms with Gasteiger partial charge in [-0.2, -0.15) is 18.7 Å². The van der Waals surface area contributed by atoms with Gasteiger partial charge in [0.1, 0.15) is 0 Å². The standard InChI is InChI=1S/C11H18F3NO3/c1-8(11(12,13)14)7-9(16)18-10(15-17)5-3-2-4-6-10/h8,15,17H,2-7H2,1H3. The summed E-state index contributed by atoms with van der Waals surface area (Å²) in [5.74, 6) is -2.69. The number of rotatable bonds is 4. The zero-order valence-corrected chi connectivity index (χ0v) is 10.2. The van der Waals surface area contributed by atoms with Crippen LogP contribution in [-0.2, 0) is 9.53 Å². The second-order valence-electron chi connectivity index (χ2n) is 4.79. The van der Waals surface area contributed by atoms with Crippen LogP contribution in [0.3, 0.4) is 0 Å². The molecule has 1 atom stereocenters. The summed E-state index contributed by atoms with van der Waals surface area (Å²) in [6.45, 7) is 0.932. The minimum Gasteiger partial charge on any atom is -0.442 e. The predicted octanol–water partition coefficient (Wildman–Crippen LogP) is 2.76. The molecular formula is C11H18F3NO3. The Morgan fingerprint density at radius 2 is 1.94 bits per heavy atom. The van der Waals surface area contributed by atoms with E-state index in [0.29, 0.717) is 12.8 Å². The smallest absolute Gasteiger partial charge is 0.392 e. The van der Waals surface area contributed by atoms with E-state index in [1.54, 1.807) is 0 Å². The van der Waals surface area contributed by atoms with Crippen LogP contribution in [0.5, 0.6) is 0 Å². The average molecular weight is 269 g/mol. The van der Waals surface area contributed by atoms with Gasteiger partial charge < -0.3 is 9.94 Å². The molecular weight excluding hydrogens is 251 g/mol. The Balaban J connectivity index is 2.52. The van der Waals surface area contributed by atoms with Crippen LogP contribution >= 0.6 is 0 Å². The maximum Gasteiger partial charge on any atom is 0.392 e. The predicted molar refractivity (Wildman–Crippen MR) is 56.7 cm³/mol. The number of hydrogen-bond donors (Lipinski definition) is 2. The molecule has 0 saturated heterocycles. The van der Waals surface area contributed by atoms with Crippen LogP contribution in [-0.4, -0.2) is 23.1 Å². The molecule has 106 valence electrons. The van der Waals surface area contributed by atoms with Gasteiger partial charge in [0.15, 0.2) is 5.72 Å². The van der Waals surface area contributed by atoms with Crippen LogP contribution in [0.25, 0.3) is 0 Å². The van der Waals surface area contributed by atoms with Crippen LogP contribution < -0.4 is 5.48 Å². The van der Waals surface area contributed by atoms with E-state index in [1.807, 2.05) is 5.48 Å². The molecule has 0 aromatic carbocycles. The lowest BCUT2D eigenvalue weighted by molar-refractivity contribution is -0.200. The van der Waals surface area contributed by atoms with Crippen LogP contribution in [0, 0.1) is 5.92 Å². The third-order valence-corrected chi connectivity index (χ3v) is 3.21. The van der Waals surface area contributed by atoms with Crippen molar-refractivity contribution in [1.82, 2.24) is 5.48 Å². The number of nitrogens with one attached hydrogen (secondary N) is 1. The van der Waals surface area contributed by atoms with E-state index in [9.17, 15) is 18.0 Å². The van der Waals surface area contributed by atoms with Gasteiger partial charge in [-0.3, -0.25) is 4.79 Å². The SMILES string of the molecule is CC(CC(=O)OC1(NO)CCCCC1)C(F)(F)F. The number of alkyl halides is 3. The van der Waals surface area contributed by atoms with Gasteiger partial charge in [0.25, 0.3) is 0 Å². The van der Waals surface area contributed by atoms with Crippen molar-refractivity contribution in [1.29, 1.82) is 0 Å². The summed E-state index contributed by atoms with van der Waals surface area (Å²) in [7, 11) is 0. The van der Waals surface area contributed by atoms with Crippen LogP contribution in [0.2, 0.25) is 0 Å². The summed E-state index contributed by atoms with van der Waals surface area (Å²) < 4.78 is 41.9. The fourth-order valence-corrected chi connectivity index (χ4v) is 1.98. The van der Waals surface area contributed by atoms with E-state index >= 15 is 0 Å². The maximum absolute atomic E-state index is 12.3. The fourth-order valence-electron chi connectivity index (χ4n) is 1.98. The Morgan fingerprint density at radius 1 is 1.39 bits per heavy atom. The summed E-state index contributed by atoms with van der Waals surface area (Å²) in [6, 6.07) is 0. The highest BCUT2D eigenvalue weighted by molar-refractivity contribution is 5.70. The van der Waals surface area contributed by atoms with E-state index in [1.165, 1.54) is 0 Å². The third-order valence-electron chi connectivity index (χ3n) is 3.21. The van der Waals surface area contributed by atoms with Crippen molar-refractivity contribution >= 4 is 5.97 Å². The Hall–Kier alpha value is -0.820.